The van der Waals surface area contributed by atoms with E-state index in [0.717, 1.165) is 60.9 Å². The first-order valence-corrected chi connectivity index (χ1v) is 11.2. The average molecular weight is 476 g/mol. The molecule has 4 rings (SSSR count). The Morgan fingerprint density at radius 2 is 1.67 bits per heavy atom. The van der Waals surface area contributed by atoms with E-state index in [4.69, 9.17) is 9.47 Å². The molecule has 2 aliphatic rings. The van der Waals surface area contributed by atoms with Crippen molar-refractivity contribution < 1.29 is 19.4 Å². The molecule has 5 nitrogen and oxygen atoms in total. The maximum absolute atomic E-state index is 12.9. The van der Waals surface area contributed by atoms with E-state index in [1.54, 1.807) is 14.2 Å². The highest BCUT2D eigenvalue weighted by molar-refractivity contribution is 9.10. The SMILES string of the molecule is Brc1ccccc1.COc1cc2c(cc1OC)C(=O)C(CN1CCC(O)CC1)CC2. The van der Waals surface area contributed by atoms with Gasteiger partial charge in [0.05, 0.1) is 20.3 Å². The topological polar surface area (TPSA) is 59.0 Å². The molecule has 1 unspecified atom stereocenters. The van der Waals surface area contributed by atoms with Gasteiger partial charge in [-0.2, -0.15) is 0 Å². The van der Waals surface area contributed by atoms with E-state index in [0.29, 0.717) is 11.5 Å². The third-order valence-corrected chi connectivity index (χ3v) is 6.31. The summed E-state index contributed by atoms with van der Waals surface area (Å²) in [6.07, 6.45) is 3.21. The van der Waals surface area contributed by atoms with Crippen LogP contribution in [0.4, 0.5) is 0 Å². The Hall–Kier alpha value is -1.89. The van der Waals surface area contributed by atoms with Crippen LogP contribution in [0, 0.1) is 5.92 Å². The van der Waals surface area contributed by atoms with Gasteiger partial charge >= 0.3 is 0 Å². The number of halogens is 1. The molecule has 162 valence electrons. The standard InChI is InChI=1S/C18H25NO4.C6H5Br/c1-22-16-9-12-3-4-13(11-19-7-5-14(20)6-8-19)18(21)15(12)10-17(16)23-2;7-6-4-2-1-3-5-6/h9-10,13-14,20H,3-8,11H2,1-2H3;1-5H. The molecule has 0 saturated carbocycles. The summed E-state index contributed by atoms with van der Waals surface area (Å²) >= 11 is 3.31. The summed E-state index contributed by atoms with van der Waals surface area (Å²) in [6.45, 7) is 2.55. The Bertz CT molecular complexity index is 835. The van der Waals surface area contributed by atoms with Crippen molar-refractivity contribution in [2.24, 2.45) is 5.92 Å². The molecule has 0 radical (unpaired) electrons. The number of ketones is 1. The van der Waals surface area contributed by atoms with Crippen molar-refractivity contribution in [3.63, 3.8) is 0 Å². The first-order valence-electron chi connectivity index (χ1n) is 10.4. The molecule has 0 amide bonds. The lowest BCUT2D eigenvalue weighted by atomic mass is 9.82. The number of carbonyl (C=O) groups is 1. The molecule has 1 fully saturated rings. The molecule has 0 aromatic heterocycles. The van der Waals surface area contributed by atoms with Crippen LogP contribution in [0.25, 0.3) is 0 Å². The van der Waals surface area contributed by atoms with Gasteiger partial charge in [-0.25, -0.2) is 0 Å². The Labute approximate surface area is 187 Å². The van der Waals surface area contributed by atoms with Crippen LogP contribution < -0.4 is 9.47 Å². The highest BCUT2D eigenvalue weighted by Gasteiger charge is 2.31. The summed E-state index contributed by atoms with van der Waals surface area (Å²) in [4.78, 5) is 15.2. The zero-order valence-electron chi connectivity index (χ0n) is 17.6. The fraction of sp³-hybridized carbons (Fsp3) is 0.458. The van der Waals surface area contributed by atoms with Gasteiger partial charge in [0.2, 0.25) is 0 Å². The molecule has 2 aromatic carbocycles. The quantitative estimate of drug-likeness (QED) is 0.711. The number of hydrogen-bond acceptors (Lipinski definition) is 5. The lowest BCUT2D eigenvalue weighted by molar-refractivity contribution is 0.0659. The number of aliphatic hydroxyl groups is 1. The summed E-state index contributed by atoms with van der Waals surface area (Å²) in [5.74, 6) is 1.54. The van der Waals surface area contributed by atoms with Gasteiger partial charge in [-0.15, -0.1) is 0 Å². The smallest absolute Gasteiger partial charge is 0.167 e. The van der Waals surface area contributed by atoms with Crippen molar-refractivity contribution >= 4 is 21.7 Å². The predicted octanol–water partition coefficient (Wildman–Crippen LogP) is 4.35. The van der Waals surface area contributed by atoms with Crippen LogP contribution in [-0.4, -0.2) is 55.7 Å². The maximum Gasteiger partial charge on any atom is 0.167 e. The Kier molecular flexibility index (Phi) is 8.31. The first kappa shape index (κ1) is 22.8. The summed E-state index contributed by atoms with van der Waals surface area (Å²) in [6, 6.07) is 13.7. The van der Waals surface area contributed by atoms with E-state index in [-0.39, 0.29) is 17.8 Å². The van der Waals surface area contributed by atoms with Crippen LogP contribution in [0.15, 0.2) is 46.9 Å². The highest BCUT2D eigenvalue weighted by atomic mass is 79.9. The van der Waals surface area contributed by atoms with Crippen LogP contribution in [0.1, 0.15) is 35.2 Å². The first-order chi connectivity index (χ1) is 14.5. The Morgan fingerprint density at radius 3 is 2.23 bits per heavy atom. The van der Waals surface area contributed by atoms with Crippen molar-refractivity contribution in [2.45, 2.75) is 31.8 Å². The number of nitrogens with zero attached hydrogens (tertiary/aromatic N) is 1. The van der Waals surface area contributed by atoms with Crippen molar-refractivity contribution in [2.75, 3.05) is 33.9 Å². The minimum Gasteiger partial charge on any atom is -0.493 e. The molecule has 2 aromatic rings. The van der Waals surface area contributed by atoms with E-state index >= 15 is 0 Å². The van der Waals surface area contributed by atoms with Gasteiger partial charge in [-0.1, -0.05) is 34.1 Å². The highest BCUT2D eigenvalue weighted by Crippen LogP contribution is 2.36. The van der Waals surface area contributed by atoms with Crippen LogP contribution in [-0.2, 0) is 6.42 Å². The number of hydrogen-bond donors (Lipinski definition) is 1. The number of likely N-dealkylation sites (tertiary alicyclic amines) is 1. The molecule has 6 heteroatoms. The second-order valence-electron chi connectivity index (χ2n) is 7.79. The average Bonchev–Trinajstić information content (AvgIpc) is 2.77. The summed E-state index contributed by atoms with van der Waals surface area (Å²) in [5.41, 5.74) is 1.83. The zero-order valence-corrected chi connectivity index (χ0v) is 19.2. The van der Waals surface area contributed by atoms with Crippen molar-refractivity contribution in [1.82, 2.24) is 4.90 Å². The molecular weight excluding hydrogens is 446 g/mol. The van der Waals surface area contributed by atoms with Gasteiger partial charge in [-0.3, -0.25) is 4.79 Å². The molecule has 1 aliphatic carbocycles. The van der Waals surface area contributed by atoms with Crippen LogP contribution in [0.5, 0.6) is 11.5 Å². The van der Waals surface area contributed by atoms with Gasteiger partial charge in [0.1, 0.15) is 0 Å². The number of carbonyl (C=O) groups excluding carboxylic acids is 1. The normalized spacial score (nSPS) is 19.5. The molecule has 0 bridgehead atoms. The summed E-state index contributed by atoms with van der Waals surface area (Å²) < 4.78 is 11.8. The van der Waals surface area contributed by atoms with E-state index < -0.39 is 0 Å². The van der Waals surface area contributed by atoms with Gasteiger partial charge in [0.15, 0.2) is 17.3 Å². The van der Waals surface area contributed by atoms with E-state index in [1.807, 2.05) is 42.5 Å². The fourth-order valence-electron chi connectivity index (χ4n) is 4.04. The number of Topliss-reactive ketones (excluding diaryl/α,β-unsaturated/α-hetero) is 1. The Balaban J connectivity index is 0.000000310. The summed E-state index contributed by atoms with van der Waals surface area (Å²) in [7, 11) is 3.20. The minimum atomic E-state index is -0.175. The molecule has 1 heterocycles. The van der Waals surface area contributed by atoms with Crippen LogP contribution in [0.2, 0.25) is 0 Å². The number of methoxy groups -OCH3 is 2. The monoisotopic (exact) mass is 475 g/mol. The summed E-state index contributed by atoms with van der Waals surface area (Å²) in [5, 5.41) is 9.60. The Morgan fingerprint density at radius 1 is 1.03 bits per heavy atom. The van der Waals surface area contributed by atoms with Gasteiger partial charge in [-0.05, 0) is 55.5 Å². The van der Waals surface area contributed by atoms with Crippen molar-refractivity contribution in [1.29, 1.82) is 0 Å². The second-order valence-corrected chi connectivity index (χ2v) is 8.71. The van der Waals surface area contributed by atoms with Gasteiger partial charge in [0.25, 0.3) is 0 Å². The number of rotatable bonds is 4. The van der Waals surface area contributed by atoms with Crippen LogP contribution in [0.3, 0.4) is 0 Å². The fourth-order valence-corrected chi connectivity index (χ4v) is 4.35. The molecule has 1 N–H and O–H groups in total. The predicted molar refractivity (Wildman–Crippen MR) is 122 cm³/mol. The van der Waals surface area contributed by atoms with Crippen LogP contribution >= 0.6 is 15.9 Å². The third-order valence-electron chi connectivity index (χ3n) is 5.78. The van der Waals surface area contributed by atoms with Gasteiger partial charge in [0, 0.05) is 35.6 Å². The number of benzene rings is 2. The third kappa shape index (κ3) is 5.84. The van der Waals surface area contributed by atoms with Crippen molar-refractivity contribution in [3.8, 4) is 11.5 Å². The lowest BCUT2D eigenvalue weighted by Gasteiger charge is -2.33. The lowest BCUT2D eigenvalue weighted by Crippen LogP contribution is -2.41. The zero-order chi connectivity index (χ0) is 21.5. The number of piperidine rings is 1. The molecule has 0 spiro atoms. The van der Waals surface area contributed by atoms with E-state index in [9.17, 15) is 9.90 Å². The molecular formula is C24H30BrNO4. The molecule has 1 atom stereocenters. The molecule has 30 heavy (non-hydrogen) atoms. The van der Waals surface area contributed by atoms with Gasteiger partial charge < -0.3 is 19.5 Å². The molecule has 1 aliphatic heterocycles. The molecule has 1 saturated heterocycles. The number of ether oxygens (including phenoxy) is 2. The van der Waals surface area contributed by atoms with Crippen molar-refractivity contribution in [3.05, 3.63) is 58.1 Å². The van der Waals surface area contributed by atoms with E-state index in [2.05, 4.69) is 20.8 Å². The number of aryl methyl sites for hydroxylation is 1. The second kappa shape index (κ2) is 10.9. The number of fused-ring (bicyclic) bond motifs is 1. The minimum absolute atomic E-state index is 0.0378. The number of aliphatic hydroxyl groups excluding tert-OH is 1. The van der Waals surface area contributed by atoms with E-state index in [1.165, 1.54) is 0 Å². The maximum atomic E-state index is 12.9. The largest absolute Gasteiger partial charge is 0.493 e.